The van der Waals surface area contributed by atoms with Crippen LogP contribution in [-0.4, -0.2) is 42.7 Å². The van der Waals surface area contributed by atoms with Crippen molar-refractivity contribution >= 4 is 46.3 Å². The molecule has 3 aromatic carbocycles. The topological polar surface area (TPSA) is 129 Å². The normalized spacial score (nSPS) is 16.2. The maximum atomic E-state index is 13.5. The van der Waals surface area contributed by atoms with Crippen molar-refractivity contribution in [1.82, 2.24) is 0 Å². The summed E-state index contributed by atoms with van der Waals surface area (Å²) >= 11 is 12.7. The molecule has 9 nitrogen and oxygen atoms in total. The van der Waals surface area contributed by atoms with Gasteiger partial charge in [0.05, 0.1) is 54.7 Å². The van der Waals surface area contributed by atoms with Crippen LogP contribution in [0.5, 0.6) is 23.0 Å². The smallest absolute Gasteiger partial charge is 0.300 e. The van der Waals surface area contributed by atoms with Gasteiger partial charge in [0.25, 0.3) is 11.7 Å². The van der Waals surface area contributed by atoms with E-state index in [1.54, 1.807) is 6.92 Å². The summed E-state index contributed by atoms with van der Waals surface area (Å²) in [5.41, 5.74) is 0.672. The fraction of sp³-hybridized carbons (Fsp3) is 0.179. The summed E-state index contributed by atoms with van der Waals surface area (Å²) in [5.74, 6) is -2.47. The molecule has 1 amide bonds. The van der Waals surface area contributed by atoms with Crippen LogP contribution in [0.3, 0.4) is 0 Å². The van der Waals surface area contributed by atoms with Crippen molar-refractivity contribution in [3.63, 3.8) is 0 Å². The first-order valence-corrected chi connectivity index (χ1v) is 12.3. The molecule has 3 aromatic rings. The lowest BCUT2D eigenvalue weighted by molar-refractivity contribution is -0.132. The summed E-state index contributed by atoms with van der Waals surface area (Å²) in [4.78, 5) is 28.1. The Kier molecular flexibility index (Phi) is 7.90. The molecule has 0 radical (unpaired) electrons. The zero-order valence-corrected chi connectivity index (χ0v) is 22.5. The third-order valence-corrected chi connectivity index (χ3v) is 6.74. The first kappa shape index (κ1) is 27.6. The summed E-state index contributed by atoms with van der Waals surface area (Å²) in [6.07, 6.45) is 0. The van der Waals surface area contributed by atoms with Crippen LogP contribution in [-0.2, 0) is 9.59 Å². The van der Waals surface area contributed by atoms with Gasteiger partial charge in [-0.1, -0.05) is 29.3 Å². The number of halogens is 2. The van der Waals surface area contributed by atoms with Crippen LogP contribution >= 0.6 is 23.2 Å². The SMILES string of the molecule is CCOc1cc(C2/C(=C(\O)c3cc(Cl)c(OC)c(Cl)c3OC)C(=O)C(=O)N2c2ccc(C#N)cc2)ccc1O. The van der Waals surface area contributed by atoms with E-state index in [1.807, 2.05) is 6.07 Å². The number of ketones is 1. The Morgan fingerprint density at radius 2 is 1.72 bits per heavy atom. The predicted molar refractivity (Wildman–Crippen MR) is 145 cm³/mol. The number of methoxy groups -OCH3 is 2. The van der Waals surface area contributed by atoms with Gasteiger partial charge in [-0.2, -0.15) is 5.26 Å². The molecule has 39 heavy (non-hydrogen) atoms. The number of benzene rings is 3. The fourth-order valence-corrected chi connectivity index (χ4v) is 5.06. The van der Waals surface area contributed by atoms with Crippen molar-refractivity contribution in [2.24, 2.45) is 0 Å². The van der Waals surface area contributed by atoms with Gasteiger partial charge < -0.3 is 24.4 Å². The molecule has 0 spiro atoms. The summed E-state index contributed by atoms with van der Waals surface area (Å²) in [5, 5.41) is 31.0. The summed E-state index contributed by atoms with van der Waals surface area (Å²) in [6.45, 7) is 1.98. The van der Waals surface area contributed by atoms with E-state index < -0.39 is 23.5 Å². The second-order valence-electron chi connectivity index (χ2n) is 8.27. The second kappa shape index (κ2) is 11.2. The maximum Gasteiger partial charge on any atom is 0.300 e. The number of phenolic OH excluding ortho intramolecular Hbond substituents is 1. The number of carbonyl (C=O) groups is 2. The number of aromatic hydroxyl groups is 1. The molecule has 4 rings (SSSR count). The van der Waals surface area contributed by atoms with E-state index in [0.29, 0.717) is 16.8 Å². The lowest BCUT2D eigenvalue weighted by Crippen LogP contribution is -2.29. The number of rotatable bonds is 7. The Hall–Kier alpha value is -4.39. The van der Waals surface area contributed by atoms with Crippen molar-refractivity contribution < 1.29 is 34.0 Å². The van der Waals surface area contributed by atoms with Gasteiger partial charge in [-0.15, -0.1) is 0 Å². The van der Waals surface area contributed by atoms with Crippen LogP contribution in [0.4, 0.5) is 5.69 Å². The van der Waals surface area contributed by atoms with Gasteiger partial charge in [0, 0.05) is 5.69 Å². The number of nitrogens with zero attached hydrogens (tertiary/aromatic N) is 2. The zero-order valence-electron chi connectivity index (χ0n) is 21.0. The Labute approximate surface area is 234 Å². The molecule has 1 aliphatic heterocycles. The minimum atomic E-state index is -1.16. The van der Waals surface area contributed by atoms with Crippen molar-refractivity contribution in [3.8, 4) is 29.1 Å². The molecular formula is C28H22Cl2N2O7. The third-order valence-electron chi connectivity index (χ3n) is 6.11. The van der Waals surface area contributed by atoms with E-state index in [9.17, 15) is 25.1 Å². The van der Waals surface area contributed by atoms with Gasteiger partial charge in [-0.25, -0.2) is 0 Å². The molecule has 200 valence electrons. The van der Waals surface area contributed by atoms with Gasteiger partial charge in [0.2, 0.25) is 0 Å². The van der Waals surface area contributed by atoms with Crippen LogP contribution in [0.25, 0.3) is 5.76 Å². The first-order valence-electron chi connectivity index (χ1n) is 11.6. The summed E-state index contributed by atoms with van der Waals surface area (Å²) in [7, 11) is 2.67. The number of hydrogen-bond donors (Lipinski definition) is 2. The van der Waals surface area contributed by atoms with Gasteiger partial charge >= 0.3 is 0 Å². The molecule has 1 heterocycles. The maximum absolute atomic E-state index is 13.5. The number of aliphatic hydroxyl groups is 1. The Morgan fingerprint density at radius 3 is 2.31 bits per heavy atom. The molecule has 0 aromatic heterocycles. The van der Waals surface area contributed by atoms with E-state index in [-0.39, 0.29) is 50.8 Å². The van der Waals surface area contributed by atoms with E-state index in [4.69, 9.17) is 37.4 Å². The van der Waals surface area contributed by atoms with Crippen molar-refractivity contribution in [2.75, 3.05) is 25.7 Å². The quantitative estimate of drug-likeness (QED) is 0.213. The zero-order chi connectivity index (χ0) is 28.4. The number of hydrogen-bond acceptors (Lipinski definition) is 8. The number of aliphatic hydroxyl groups excluding tert-OH is 1. The third kappa shape index (κ3) is 4.80. The molecule has 2 N–H and O–H groups in total. The highest BCUT2D eigenvalue weighted by molar-refractivity contribution is 6.52. The van der Waals surface area contributed by atoms with Crippen LogP contribution < -0.4 is 19.1 Å². The highest BCUT2D eigenvalue weighted by Crippen LogP contribution is 2.48. The molecular weight excluding hydrogens is 547 g/mol. The van der Waals surface area contributed by atoms with Gasteiger partial charge in [-0.3, -0.25) is 14.5 Å². The lowest BCUT2D eigenvalue weighted by Gasteiger charge is -2.26. The first-order chi connectivity index (χ1) is 18.7. The lowest BCUT2D eigenvalue weighted by atomic mass is 9.94. The number of nitriles is 1. The molecule has 1 fully saturated rings. The van der Waals surface area contributed by atoms with E-state index in [0.717, 1.165) is 0 Å². The highest BCUT2D eigenvalue weighted by atomic mass is 35.5. The molecule has 1 saturated heterocycles. The number of amides is 1. The summed E-state index contributed by atoms with van der Waals surface area (Å²) < 4.78 is 16.1. The number of carbonyl (C=O) groups excluding carboxylic acids is 2. The average Bonchev–Trinajstić information content (AvgIpc) is 3.19. The molecule has 1 atom stereocenters. The van der Waals surface area contributed by atoms with E-state index >= 15 is 0 Å². The van der Waals surface area contributed by atoms with E-state index in [1.165, 1.54) is 67.7 Å². The molecule has 0 saturated carbocycles. The van der Waals surface area contributed by atoms with E-state index in [2.05, 4.69) is 0 Å². The Morgan fingerprint density at radius 1 is 1.05 bits per heavy atom. The largest absolute Gasteiger partial charge is 0.507 e. The van der Waals surface area contributed by atoms with Crippen LogP contribution in [0, 0.1) is 11.3 Å². The van der Waals surface area contributed by atoms with Crippen LogP contribution in [0.1, 0.15) is 29.7 Å². The molecule has 11 heteroatoms. The second-order valence-corrected chi connectivity index (χ2v) is 9.06. The van der Waals surface area contributed by atoms with Gasteiger partial charge in [-0.05, 0) is 55.0 Å². The van der Waals surface area contributed by atoms with Crippen molar-refractivity contribution in [1.29, 1.82) is 5.26 Å². The van der Waals surface area contributed by atoms with Gasteiger partial charge in [0.1, 0.15) is 10.8 Å². The monoisotopic (exact) mass is 568 g/mol. The number of phenols is 1. The standard InChI is InChI=1S/C28H22Cl2N2O7/c1-4-39-20-11-15(7-10-19(20)33)23-21(24(34)17-12-18(29)27(38-3)22(30)26(17)37-2)25(35)28(36)32(23)16-8-5-14(13-31)6-9-16/h5-12,23,33-34H,4H2,1-3H3/b24-21+. The molecule has 1 aliphatic rings. The number of anilines is 1. The highest BCUT2D eigenvalue weighted by Gasteiger charge is 2.47. The van der Waals surface area contributed by atoms with Gasteiger partial charge in [0.15, 0.2) is 23.0 Å². The molecule has 1 unspecified atom stereocenters. The number of ether oxygens (including phenoxy) is 3. The number of Topliss-reactive ketones (excluding diaryl/α,β-unsaturated/α-hetero) is 1. The minimum absolute atomic E-state index is 0.0283. The average molecular weight is 569 g/mol. The summed E-state index contributed by atoms with van der Waals surface area (Å²) in [6, 6.07) is 12.5. The molecule has 0 bridgehead atoms. The van der Waals surface area contributed by atoms with Crippen molar-refractivity contribution in [2.45, 2.75) is 13.0 Å². The van der Waals surface area contributed by atoms with Crippen LogP contribution in [0.2, 0.25) is 10.0 Å². The molecule has 0 aliphatic carbocycles. The Balaban J connectivity index is 2.03. The van der Waals surface area contributed by atoms with Crippen molar-refractivity contribution in [3.05, 3.63) is 80.8 Å². The Bertz CT molecular complexity index is 1540. The minimum Gasteiger partial charge on any atom is -0.507 e. The fourth-order valence-electron chi connectivity index (χ4n) is 4.37. The van der Waals surface area contributed by atoms with Crippen LogP contribution in [0.15, 0.2) is 54.1 Å². The predicted octanol–water partition coefficient (Wildman–Crippen LogP) is 5.61.